The summed E-state index contributed by atoms with van der Waals surface area (Å²) >= 11 is 4.15. The van der Waals surface area contributed by atoms with Crippen LogP contribution in [-0.4, -0.2) is 32.0 Å². The predicted molar refractivity (Wildman–Crippen MR) is 69.6 cm³/mol. The number of hydrogen-bond acceptors (Lipinski definition) is 3. The average Bonchev–Trinajstić information content (AvgIpc) is 2.76. The number of halogens is 4. The van der Waals surface area contributed by atoms with Crippen molar-refractivity contribution >= 4 is 37.3 Å². The minimum absolute atomic E-state index is 0.0103. The van der Waals surface area contributed by atoms with Crippen molar-refractivity contribution in [3.63, 3.8) is 0 Å². The molecule has 3 nitrogen and oxygen atoms in total. The maximum Gasteiger partial charge on any atom is 0.393 e. The van der Waals surface area contributed by atoms with Gasteiger partial charge in [0.2, 0.25) is 0 Å². The summed E-state index contributed by atoms with van der Waals surface area (Å²) in [5, 5.41) is 0. The van der Waals surface area contributed by atoms with E-state index in [9.17, 15) is 21.6 Å². The molecule has 2 rings (SSSR count). The van der Waals surface area contributed by atoms with Crippen LogP contribution in [0.5, 0.6) is 0 Å². The van der Waals surface area contributed by atoms with E-state index in [1.54, 1.807) is 6.07 Å². The van der Waals surface area contributed by atoms with Gasteiger partial charge in [0.1, 0.15) is 4.21 Å². The Hall–Kier alpha value is -0.120. The van der Waals surface area contributed by atoms with Crippen molar-refractivity contribution in [3.05, 3.63) is 15.9 Å². The minimum Gasteiger partial charge on any atom is -0.206 e. The molecule has 0 N–H and O–H groups in total. The van der Waals surface area contributed by atoms with E-state index in [1.807, 2.05) is 0 Å². The molecule has 108 valence electrons. The molecule has 0 unspecified atom stereocenters. The largest absolute Gasteiger partial charge is 0.393 e. The molecule has 19 heavy (non-hydrogen) atoms. The highest BCUT2D eigenvalue weighted by Crippen LogP contribution is 2.36. The summed E-state index contributed by atoms with van der Waals surface area (Å²) in [7, 11) is -3.81. The highest BCUT2D eigenvalue weighted by atomic mass is 79.9. The first-order valence-electron chi connectivity index (χ1n) is 5.53. The highest BCUT2D eigenvalue weighted by Gasteiger charge is 2.44. The molecule has 0 saturated carbocycles. The van der Waals surface area contributed by atoms with Gasteiger partial charge in [0, 0.05) is 13.1 Å². The number of thiophene rings is 1. The lowest BCUT2D eigenvalue weighted by Gasteiger charge is -2.32. The quantitative estimate of drug-likeness (QED) is 0.791. The summed E-state index contributed by atoms with van der Waals surface area (Å²) in [4.78, 5) is 0. The Morgan fingerprint density at radius 1 is 1.37 bits per heavy atom. The molecule has 2 heterocycles. The zero-order valence-electron chi connectivity index (χ0n) is 9.65. The van der Waals surface area contributed by atoms with E-state index in [1.165, 1.54) is 6.07 Å². The topological polar surface area (TPSA) is 37.4 Å². The Morgan fingerprint density at radius 3 is 2.58 bits per heavy atom. The predicted octanol–water partition coefficient (Wildman–Crippen LogP) is 3.47. The summed E-state index contributed by atoms with van der Waals surface area (Å²) in [6.45, 7) is -0.341. The highest BCUT2D eigenvalue weighted by molar-refractivity contribution is 9.11. The van der Waals surface area contributed by atoms with Crippen LogP contribution in [0.15, 0.2) is 20.1 Å². The van der Waals surface area contributed by atoms with Gasteiger partial charge in [-0.15, -0.1) is 11.3 Å². The van der Waals surface area contributed by atoms with Crippen molar-refractivity contribution in [2.75, 3.05) is 13.1 Å². The lowest BCUT2D eigenvalue weighted by atomic mass is 9.99. The first kappa shape index (κ1) is 15.3. The van der Waals surface area contributed by atoms with Gasteiger partial charge in [-0.1, -0.05) is 0 Å². The number of nitrogens with zero attached hydrogens (tertiary/aromatic N) is 1. The van der Waals surface area contributed by atoms with E-state index in [4.69, 9.17) is 0 Å². The fraction of sp³-hybridized carbons (Fsp3) is 0.600. The first-order chi connectivity index (χ1) is 8.71. The van der Waals surface area contributed by atoms with Crippen molar-refractivity contribution in [3.8, 4) is 0 Å². The molecule has 0 aromatic carbocycles. The van der Waals surface area contributed by atoms with Crippen LogP contribution in [0.2, 0.25) is 0 Å². The number of hydrogen-bond donors (Lipinski definition) is 0. The molecule has 9 heteroatoms. The van der Waals surface area contributed by atoms with Gasteiger partial charge < -0.3 is 0 Å². The van der Waals surface area contributed by atoms with Gasteiger partial charge in [-0.3, -0.25) is 0 Å². The molecular formula is C10H11BrF3NO2S2. The normalized spacial score (nSPS) is 22.6. The van der Waals surface area contributed by atoms with E-state index >= 15 is 0 Å². The second kappa shape index (κ2) is 5.34. The molecule has 1 saturated heterocycles. The molecule has 0 aliphatic carbocycles. The van der Waals surface area contributed by atoms with E-state index in [0.29, 0.717) is 3.79 Å². The fourth-order valence-electron chi connectivity index (χ4n) is 1.99. The zero-order chi connectivity index (χ0) is 14.3. The van der Waals surface area contributed by atoms with Crippen LogP contribution in [0.1, 0.15) is 12.8 Å². The summed E-state index contributed by atoms with van der Waals surface area (Å²) in [5.74, 6) is -1.57. The maximum absolute atomic E-state index is 12.7. The van der Waals surface area contributed by atoms with Gasteiger partial charge in [-0.05, 0) is 40.9 Å². The lowest BCUT2D eigenvalue weighted by molar-refractivity contribution is -0.182. The van der Waals surface area contributed by atoms with Crippen LogP contribution in [0.25, 0.3) is 0 Å². The number of sulfonamides is 1. The molecule has 1 atom stereocenters. The summed E-state index contributed by atoms with van der Waals surface area (Å²) in [6, 6.07) is 2.98. The second-order valence-corrected chi connectivity index (χ2v) is 8.93. The summed E-state index contributed by atoms with van der Waals surface area (Å²) in [5.41, 5.74) is 0. The molecule has 0 bridgehead atoms. The Labute approximate surface area is 121 Å². The van der Waals surface area contributed by atoms with Crippen LogP contribution in [0, 0.1) is 5.92 Å². The van der Waals surface area contributed by atoms with Crippen molar-refractivity contribution in [2.45, 2.75) is 23.2 Å². The molecular weight excluding hydrogens is 367 g/mol. The van der Waals surface area contributed by atoms with E-state index in [-0.39, 0.29) is 23.6 Å². The Balaban J connectivity index is 2.22. The smallest absolute Gasteiger partial charge is 0.206 e. The van der Waals surface area contributed by atoms with Crippen molar-refractivity contribution in [2.24, 2.45) is 5.92 Å². The maximum atomic E-state index is 12.7. The van der Waals surface area contributed by atoms with Gasteiger partial charge in [0.25, 0.3) is 10.0 Å². The van der Waals surface area contributed by atoms with Crippen molar-refractivity contribution in [1.29, 1.82) is 0 Å². The first-order valence-corrected chi connectivity index (χ1v) is 8.58. The van der Waals surface area contributed by atoms with Gasteiger partial charge in [-0.25, -0.2) is 8.42 Å². The van der Waals surface area contributed by atoms with E-state index < -0.39 is 28.7 Å². The van der Waals surface area contributed by atoms with Gasteiger partial charge in [0.15, 0.2) is 0 Å². The molecule has 1 aromatic rings. The number of piperidine rings is 1. The SMILES string of the molecule is O=S(=O)(c1ccc(Br)s1)N1CCC[C@@H](C(F)(F)F)C1. The van der Waals surface area contributed by atoms with Crippen molar-refractivity contribution < 1.29 is 21.6 Å². The minimum atomic E-state index is -4.34. The van der Waals surface area contributed by atoms with Crippen molar-refractivity contribution in [1.82, 2.24) is 4.31 Å². The van der Waals surface area contributed by atoms with Gasteiger partial charge in [0.05, 0.1) is 9.70 Å². The van der Waals surface area contributed by atoms with Gasteiger partial charge >= 0.3 is 6.18 Å². The standard InChI is InChI=1S/C10H11BrF3NO2S2/c11-8-3-4-9(18-8)19(16,17)15-5-1-2-7(6-15)10(12,13)14/h3-4,7H,1-2,5-6H2/t7-/m1/s1. The Morgan fingerprint density at radius 2 is 2.05 bits per heavy atom. The molecule has 0 spiro atoms. The summed E-state index contributed by atoms with van der Waals surface area (Å²) in [6.07, 6.45) is -4.12. The Bertz CT molecular complexity index is 555. The second-order valence-electron chi connectivity index (χ2n) is 4.30. The Kier molecular flexibility index (Phi) is 4.29. The van der Waals surface area contributed by atoms with Crippen LogP contribution >= 0.6 is 27.3 Å². The molecule has 1 aliphatic rings. The van der Waals surface area contributed by atoms with E-state index in [0.717, 1.165) is 15.6 Å². The third-order valence-corrected chi connectivity index (χ3v) is 6.95. The monoisotopic (exact) mass is 377 g/mol. The lowest BCUT2D eigenvalue weighted by Crippen LogP contribution is -2.44. The van der Waals surface area contributed by atoms with Crippen LogP contribution in [-0.2, 0) is 10.0 Å². The fourth-order valence-corrected chi connectivity index (χ4v) is 5.68. The molecule has 1 aliphatic heterocycles. The molecule has 1 aromatic heterocycles. The van der Waals surface area contributed by atoms with E-state index in [2.05, 4.69) is 15.9 Å². The number of alkyl halides is 3. The third kappa shape index (κ3) is 3.32. The van der Waals surface area contributed by atoms with Crippen LogP contribution in [0.4, 0.5) is 13.2 Å². The van der Waals surface area contributed by atoms with Gasteiger partial charge in [-0.2, -0.15) is 17.5 Å². The zero-order valence-corrected chi connectivity index (χ0v) is 12.9. The van der Waals surface area contributed by atoms with Crippen LogP contribution < -0.4 is 0 Å². The average molecular weight is 378 g/mol. The number of rotatable bonds is 2. The summed E-state index contributed by atoms with van der Waals surface area (Å²) < 4.78 is 64.1. The third-order valence-electron chi connectivity index (χ3n) is 2.99. The molecule has 0 radical (unpaired) electrons. The molecule has 1 fully saturated rings. The van der Waals surface area contributed by atoms with Crippen LogP contribution in [0.3, 0.4) is 0 Å². The molecule has 0 amide bonds.